The number of benzene rings is 1. The number of ether oxygens (including phenoxy) is 2. The van der Waals surface area contributed by atoms with E-state index in [2.05, 4.69) is 0 Å². The first-order valence-corrected chi connectivity index (χ1v) is 8.09. The minimum atomic E-state index is -0.787. The minimum absolute atomic E-state index is 0.0848. The summed E-state index contributed by atoms with van der Waals surface area (Å²) in [7, 11) is 1.26. The van der Waals surface area contributed by atoms with Crippen molar-refractivity contribution < 1.29 is 27.9 Å². The van der Waals surface area contributed by atoms with Crippen molar-refractivity contribution in [2.75, 3.05) is 13.7 Å². The van der Waals surface area contributed by atoms with Gasteiger partial charge in [-0.15, -0.1) is 0 Å². The summed E-state index contributed by atoms with van der Waals surface area (Å²) in [5, 5.41) is 0. The third-order valence-corrected chi connectivity index (χ3v) is 4.08. The van der Waals surface area contributed by atoms with Crippen LogP contribution in [0.5, 0.6) is 5.75 Å². The Morgan fingerprint density at radius 2 is 2.08 bits per heavy atom. The van der Waals surface area contributed by atoms with Gasteiger partial charge in [0.05, 0.1) is 19.9 Å². The number of methoxy groups -OCH3 is 1. The summed E-state index contributed by atoms with van der Waals surface area (Å²) in [5.74, 6) is -0.807. The molecule has 26 heavy (non-hydrogen) atoms. The molecule has 0 unspecified atom stereocenters. The standard InChI is InChI=1S/C19H18FNO5/c1-24-19(23)16-11-14(26-17-7-3-2-6-15(17)20)12-21(16)18(22)9-8-13-5-4-10-25-13/h2-10,14,16H,11-12H2,1H3/b9-8+/t14-,16-/m0/s1. The highest BCUT2D eigenvalue weighted by Gasteiger charge is 2.41. The maximum atomic E-state index is 13.8. The molecule has 0 spiro atoms. The molecular formula is C19H18FNO5. The summed E-state index contributed by atoms with van der Waals surface area (Å²) in [5.41, 5.74) is 0. The minimum Gasteiger partial charge on any atom is -0.485 e. The van der Waals surface area contributed by atoms with Gasteiger partial charge in [0, 0.05) is 12.5 Å². The van der Waals surface area contributed by atoms with E-state index in [0.29, 0.717) is 5.76 Å². The van der Waals surface area contributed by atoms with Crippen LogP contribution in [-0.2, 0) is 14.3 Å². The number of halogens is 1. The molecule has 0 bridgehead atoms. The molecule has 0 saturated carbocycles. The number of carbonyl (C=O) groups is 2. The Hall–Kier alpha value is -3.09. The summed E-state index contributed by atoms with van der Waals surface area (Å²) < 4.78 is 29.3. The van der Waals surface area contributed by atoms with Gasteiger partial charge in [-0.3, -0.25) is 4.79 Å². The number of para-hydroxylation sites is 1. The molecule has 0 aliphatic carbocycles. The van der Waals surface area contributed by atoms with E-state index in [9.17, 15) is 14.0 Å². The summed E-state index contributed by atoms with van der Waals surface area (Å²) in [6, 6.07) is 8.63. The van der Waals surface area contributed by atoms with Gasteiger partial charge in [-0.2, -0.15) is 0 Å². The second kappa shape index (κ2) is 7.86. The molecule has 1 saturated heterocycles. The molecular weight excluding hydrogens is 341 g/mol. The van der Waals surface area contributed by atoms with Crippen LogP contribution in [0.2, 0.25) is 0 Å². The maximum absolute atomic E-state index is 13.8. The smallest absolute Gasteiger partial charge is 0.328 e. The molecule has 136 valence electrons. The zero-order chi connectivity index (χ0) is 18.5. The number of hydrogen-bond acceptors (Lipinski definition) is 5. The van der Waals surface area contributed by atoms with Crippen LogP contribution in [0.1, 0.15) is 12.2 Å². The Kier molecular flexibility index (Phi) is 5.36. The van der Waals surface area contributed by atoms with Gasteiger partial charge in [-0.25, -0.2) is 9.18 Å². The van der Waals surface area contributed by atoms with Gasteiger partial charge in [0.25, 0.3) is 0 Å². The van der Waals surface area contributed by atoms with Gasteiger partial charge in [0.1, 0.15) is 17.9 Å². The van der Waals surface area contributed by atoms with E-state index < -0.39 is 23.9 Å². The number of esters is 1. The fourth-order valence-corrected chi connectivity index (χ4v) is 2.84. The van der Waals surface area contributed by atoms with Crippen LogP contribution in [-0.4, -0.2) is 42.6 Å². The van der Waals surface area contributed by atoms with Crippen LogP contribution >= 0.6 is 0 Å². The molecule has 3 rings (SSSR count). The Labute approximate surface area is 149 Å². The first-order valence-electron chi connectivity index (χ1n) is 8.09. The lowest BCUT2D eigenvalue weighted by molar-refractivity contribution is -0.149. The lowest BCUT2D eigenvalue weighted by atomic mass is 10.2. The second-order valence-electron chi connectivity index (χ2n) is 5.78. The molecule has 0 N–H and O–H groups in total. The van der Waals surface area contributed by atoms with Crippen LogP contribution in [0.15, 0.2) is 53.2 Å². The van der Waals surface area contributed by atoms with E-state index in [1.54, 1.807) is 24.3 Å². The fraction of sp³-hybridized carbons (Fsp3) is 0.263. The lowest BCUT2D eigenvalue weighted by Gasteiger charge is -2.20. The molecule has 2 aromatic rings. The predicted octanol–water partition coefficient (Wildman–Crippen LogP) is 2.65. The van der Waals surface area contributed by atoms with E-state index in [0.717, 1.165) is 0 Å². The largest absolute Gasteiger partial charge is 0.485 e. The van der Waals surface area contributed by atoms with Gasteiger partial charge in [0.2, 0.25) is 5.91 Å². The number of nitrogens with zero attached hydrogens (tertiary/aromatic N) is 1. The molecule has 7 heteroatoms. The molecule has 1 fully saturated rings. The van der Waals surface area contributed by atoms with Crippen molar-refractivity contribution in [2.45, 2.75) is 18.6 Å². The number of carbonyl (C=O) groups excluding carboxylic acids is 2. The van der Waals surface area contributed by atoms with Gasteiger partial charge in [-0.1, -0.05) is 12.1 Å². The zero-order valence-electron chi connectivity index (χ0n) is 14.1. The Balaban J connectivity index is 1.73. The van der Waals surface area contributed by atoms with Crippen LogP contribution in [0.3, 0.4) is 0 Å². The first-order chi connectivity index (χ1) is 12.6. The highest BCUT2D eigenvalue weighted by Crippen LogP contribution is 2.26. The maximum Gasteiger partial charge on any atom is 0.328 e. The molecule has 1 amide bonds. The van der Waals surface area contributed by atoms with Crippen LogP contribution in [0.4, 0.5) is 4.39 Å². The van der Waals surface area contributed by atoms with Gasteiger partial charge in [0.15, 0.2) is 11.6 Å². The van der Waals surface area contributed by atoms with Crippen molar-refractivity contribution >= 4 is 18.0 Å². The Morgan fingerprint density at radius 1 is 1.27 bits per heavy atom. The monoisotopic (exact) mass is 359 g/mol. The molecule has 1 aromatic carbocycles. The second-order valence-corrected chi connectivity index (χ2v) is 5.78. The average molecular weight is 359 g/mol. The van der Waals surface area contributed by atoms with Gasteiger partial charge in [-0.05, 0) is 30.3 Å². The molecule has 1 aliphatic rings. The summed E-state index contributed by atoms with van der Waals surface area (Å²) >= 11 is 0. The number of rotatable bonds is 5. The Bertz CT molecular complexity index is 802. The number of likely N-dealkylation sites (tertiary alicyclic amines) is 1. The van der Waals surface area contributed by atoms with Crippen molar-refractivity contribution in [1.82, 2.24) is 4.90 Å². The number of amides is 1. The van der Waals surface area contributed by atoms with E-state index >= 15 is 0 Å². The molecule has 6 nitrogen and oxygen atoms in total. The third kappa shape index (κ3) is 3.93. The topological polar surface area (TPSA) is 69.0 Å². The van der Waals surface area contributed by atoms with Crippen molar-refractivity contribution in [3.63, 3.8) is 0 Å². The highest BCUT2D eigenvalue weighted by atomic mass is 19.1. The average Bonchev–Trinajstić information content (AvgIpc) is 3.31. The number of hydrogen-bond donors (Lipinski definition) is 0. The highest BCUT2D eigenvalue weighted by molar-refractivity contribution is 5.94. The molecule has 1 aliphatic heterocycles. The first kappa shape index (κ1) is 17.7. The summed E-state index contributed by atoms with van der Waals surface area (Å²) in [6.07, 6.45) is 4.04. The quantitative estimate of drug-likeness (QED) is 0.606. The zero-order valence-corrected chi connectivity index (χ0v) is 14.1. The van der Waals surface area contributed by atoms with E-state index in [4.69, 9.17) is 13.9 Å². The van der Waals surface area contributed by atoms with Gasteiger partial charge >= 0.3 is 5.97 Å². The summed E-state index contributed by atoms with van der Waals surface area (Å²) in [4.78, 5) is 25.9. The SMILES string of the molecule is COC(=O)[C@@H]1C[C@H](Oc2ccccc2F)CN1C(=O)/C=C/c1ccco1. The van der Waals surface area contributed by atoms with Crippen molar-refractivity contribution in [2.24, 2.45) is 0 Å². The summed E-state index contributed by atoms with van der Waals surface area (Å²) in [6.45, 7) is 0.148. The third-order valence-electron chi connectivity index (χ3n) is 4.08. The van der Waals surface area contributed by atoms with Crippen molar-refractivity contribution in [1.29, 1.82) is 0 Å². The molecule has 1 aromatic heterocycles. The van der Waals surface area contributed by atoms with Crippen LogP contribution in [0.25, 0.3) is 6.08 Å². The van der Waals surface area contributed by atoms with Crippen molar-refractivity contribution in [3.8, 4) is 5.75 Å². The fourth-order valence-electron chi connectivity index (χ4n) is 2.84. The van der Waals surface area contributed by atoms with Crippen LogP contribution in [0, 0.1) is 5.82 Å². The van der Waals surface area contributed by atoms with Crippen LogP contribution < -0.4 is 4.74 Å². The molecule has 0 radical (unpaired) electrons. The van der Waals surface area contributed by atoms with Crippen molar-refractivity contribution in [3.05, 3.63) is 60.3 Å². The van der Waals surface area contributed by atoms with E-state index in [1.807, 2.05) is 0 Å². The number of furan rings is 1. The lowest BCUT2D eigenvalue weighted by Crippen LogP contribution is -2.40. The molecule has 2 atom stereocenters. The van der Waals surface area contributed by atoms with Gasteiger partial charge < -0.3 is 18.8 Å². The Morgan fingerprint density at radius 3 is 2.77 bits per heavy atom. The molecule has 2 heterocycles. The van der Waals surface area contributed by atoms with E-state index in [1.165, 1.54) is 42.6 Å². The predicted molar refractivity (Wildman–Crippen MR) is 90.7 cm³/mol. The van der Waals surface area contributed by atoms with E-state index in [-0.39, 0.29) is 24.6 Å². The normalized spacial score (nSPS) is 19.7.